The first-order valence-corrected chi connectivity index (χ1v) is 3.70. The van der Waals surface area contributed by atoms with Crippen LogP contribution < -0.4 is 10.8 Å². The van der Waals surface area contributed by atoms with Gasteiger partial charge in [0, 0.05) is 5.69 Å². The number of carbonyl (C=O) groups excluding carboxylic acids is 1. The topological polar surface area (TPSA) is 61.4 Å². The molecular formula is C9H10N2O2. The predicted octanol–water partition coefficient (Wildman–Crippen LogP) is 1.61. The van der Waals surface area contributed by atoms with E-state index in [-0.39, 0.29) is 5.91 Å². The second-order valence-electron chi connectivity index (χ2n) is 2.38. The minimum absolute atomic E-state index is 0.260. The van der Waals surface area contributed by atoms with E-state index in [0.29, 0.717) is 11.4 Å². The minimum atomic E-state index is -0.260. The van der Waals surface area contributed by atoms with Crippen molar-refractivity contribution in [3.8, 4) is 0 Å². The largest absolute Gasteiger partial charge is 0.323 e. The SMILES string of the molecule is C=CC(=O)Nc1ccc(NO)cc1. The van der Waals surface area contributed by atoms with Crippen LogP contribution in [0.15, 0.2) is 36.9 Å². The third kappa shape index (κ3) is 2.61. The van der Waals surface area contributed by atoms with E-state index in [2.05, 4.69) is 11.9 Å². The lowest BCUT2D eigenvalue weighted by Crippen LogP contribution is -2.06. The van der Waals surface area contributed by atoms with Crippen LogP contribution >= 0.6 is 0 Å². The Morgan fingerprint density at radius 3 is 2.31 bits per heavy atom. The lowest BCUT2D eigenvalue weighted by atomic mass is 10.3. The normalized spacial score (nSPS) is 9.00. The molecule has 0 aromatic heterocycles. The van der Waals surface area contributed by atoms with Crippen molar-refractivity contribution in [1.82, 2.24) is 0 Å². The van der Waals surface area contributed by atoms with Crippen molar-refractivity contribution < 1.29 is 10.0 Å². The van der Waals surface area contributed by atoms with Gasteiger partial charge in [0.05, 0.1) is 5.69 Å². The summed E-state index contributed by atoms with van der Waals surface area (Å²) in [5.41, 5.74) is 3.21. The lowest BCUT2D eigenvalue weighted by Gasteiger charge is -2.02. The molecule has 1 aromatic carbocycles. The summed E-state index contributed by atoms with van der Waals surface area (Å²) >= 11 is 0. The first kappa shape index (κ1) is 9.28. The van der Waals surface area contributed by atoms with E-state index in [1.165, 1.54) is 6.08 Å². The van der Waals surface area contributed by atoms with E-state index in [4.69, 9.17) is 5.21 Å². The summed E-state index contributed by atoms with van der Waals surface area (Å²) in [6, 6.07) is 6.61. The number of benzene rings is 1. The van der Waals surface area contributed by atoms with E-state index in [0.717, 1.165) is 0 Å². The summed E-state index contributed by atoms with van der Waals surface area (Å²) in [5, 5.41) is 11.1. The van der Waals surface area contributed by atoms with E-state index in [1.807, 2.05) is 5.48 Å². The maximum Gasteiger partial charge on any atom is 0.247 e. The molecule has 13 heavy (non-hydrogen) atoms. The quantitative estimate of drug-likeness (QED) is 0.486. The Morgan fingerprint density at radius 2 is 1.85 bits per heavy atom. The first-order valence-electron chi connectivity index (χ1n) is 3.70. The number of hydrogen-bond acceptors (Lipinski definition) is 3. The zero-order valence-electron chi connectivity index (χ0n) is 6.95. The molecule has 0 atom stereocenters. The number of rotatable bonds is 3. The molecule has 0 saturated heterocycles. The Bertz CT molecular complexity index is 306. The molecule has 68 valence electrons. The number of hydrogen-bond donors (Lipinski definition) is 3. The van der Waals surface area contributed by atoms with Gasteiger partial charge in [0.1, 0.15) is 0 Å². The van der Waals surface area contributed by atoms with E-state index in [1.54, 1.807) is 24.3 Å². The second-order valence-corrected chi connectivity index (χ2v) is 2.38. The van der Waals surface area contributed by atoms with E-state index < -0.39 is 0 Å². The van der Waals surface area contributed by atoms with Gasteiger partial charge in [0.15, 0.2) is 0 Å². The van der Waals surface area contributed by atoms with Gasteiger partial charge in [-0.3, -0.25) is 15.5 Å². The van der Waals surface area contributed by atoms with Crippen molar-refractivity contribution in [3.63, 3.8) is 0 Å². The molecule has 0 unspecified atom stereocenters. The number of anilines is 2. The van der Waals surface area contributed by atoms with Crippen LogP contribution in [0.2, 0.25) is 0 Å². The zero-order chi connectivity index (χ0) is 9.68. The van der Waals surface area contributed by atoms with Crippen molar-refractivity contribution in [1.29, 1.82) is 0 Å². The lowest BCUT2D eigenvalue weighted by molar-refractivity contribution is -0.111. The molecule has 4 heteroatoms. The summed E-state index contributed by atoms with van der Waals surface area (Å²) in [4.78, 5) is 10.8. The van der Waals surface area contributed by atoms with Crippen molar-refractivity contribution in [2.45, 2.75) is 0 Å². The summed E-state index contributed by atoms with van der Waals surface area (Å²) in [5.74, 6) is -0.260. The highest BCUT2D eigenvalue weighted by atomic mass is 16.5. The minimum Gasteiger partial charge on any atom is -0.323 e. The molecule has 0 aliphatic heterocycles. The van der Waals surface area contributed by atoms with Crippen molar-refractivity contribution >= 4 is 17.3 Å². The van der Waals surface area contributed by atoms with Crippen LogP contribution in [0.3, 0.4) is 0 Å². The fourth-order valence-corrected chi connectivity index (χ4v) is 0.821. The smallest absolute Gasteiger partial charge is 0.247 e. The Labute approximate surface area is 75.8 Å². The molecule has 0 fully saturated rings. The Hall–Kier alpha value is -1.81. The molecule has 0 aliphatic rings. The Balaban J connectivity index is 2.69. The highest BCUT2D eigenvalue weighted by Crippen LogP contribution is 2.12. The molecule has 0 radical (unpaired) electrons. The fraction of sp³-hybridized carbons (Fsp3) is 0. The van der Waals surface area contributed by atoms with Gasteiger partial charge in [0.2, 0.25) is 5.91 Å². The van der Waals surface area contributed by atoms with Crippen LogP contribution in [0, 0.1) is 0 Å². The summed E-state index contributed by atoms with van der Waals surface area (Å²) < 4.78 is 0. The molecule has 0 aliphatic carbocycles. The molecule has 1 amide bonds. The molecule has 0 spiro atoms. The number of carbonyl (C=O) groups is 1. The van der Waals surface area contributed by atoms with Gasteiger partial charge in [-0.05, 0) is 30.3 Å². The first-order chi connectivity index (χ1) is 6.26. The maximum absolute atomic E-state index is 10.8. The average Bonchev–Trinajstić information content (AvgIpc) is 2.19. The summed E-state index contributed by atoms with van der Waals surface area (Å²) in [7, 11) is 0. The Kier molecular flexibility index (Phi) is 3.05. The van der Waals surface area contributed by atoms with Gasteiger partial charge < -0.3 is 5.32 Å². The van der Waals surface area contributed by atoms with Crippen molar-refractivity contribution in [2.75, 3.05) is 10.8 Å². The van der Waals surface area contributed by atoms with Gasteiger partial charge in [-0.25, -0.2) is 0 Å². The molecule has 1 rings (SSSR count). The van der Waals surface area contributed by atoms with Gasteiger partial charge in [-0.1, -0.05) is 6.58 Å². The summed E-state index contributed by atoms with van der Waals surface area (Å²) in [6.45, 7) is 3.33. The fourth-order valence-electron chi connectivity index (χ4n) is 0.821. The monoisotopic (exact) mass is 178 g/mol. The third-order valence-corrected chi connectivity index (χ3v) is 1.47. The molecular weight excluding hydrogens is 168 g/mol. The van der Waals surface area contributed by atoms with Gasteiger partial charge in [-0.2, -0.15) is 0 Å². The van der Waals surface area contributed by atoms with Gasteiger partial charge in [-0.15, -0.1) is 0 Å². The average molecular weight is 178 g/mol. The Morgan fingerprint density at radius 1 is 1.31 bits per heavy atom. The van der Waals surface area contributed by atoms with Crippen LogP contribution in [0.4, 0.5) is 11.4 Å². The zero-order valence-corrected chi connectivity index (χ0v) is 6.95. The highest BCUT2D eigenvalue weighted by molar-refractivity contribution is 5.98. The van der Waals surface area contributed by atoms with Crippen LogP contribution in [-0.4, -0.2) is 11.1 Å². The molecule has 0 saturated carbocycles. The van der Waals surface area contributed by atoms with Crippen LogP contribution in [0.5, 0.6) is 0 Å². The maximum atomic E-state index is 10.8. The molecule has 3 N–H and O–H groups in total. The molecule has 1 aromatic rings. The highest BCUT2D eigenvalue weighted by Gasteiger charge is 1.95. The van der Waals surface area contributed by atoms with Crippen LogP contribution in [-0.2, 0) is 4.79 Å². The van der Waals surface area contributed by atoms with Gasteiger partial charge in [0.25, 0.3) is 0 Å². The van der Waals surface area contributed by atoms with Gasteiger partial charge >= 0.3 is 0 Å². The number of amides is 1. The molecule has 4 nitrogen and oxygen atoms in total. The molecule has 0 bridgehead atoms. The number of nitrogens with one attached hydrogen (secondary N) is 2. The predicted molar refractivity (Wildman–Crippen MR) is 50.7 cm³/mol. The molecule has 0 heterocycles. The summed E-state index contributed by atoms with van der Waals surface area (Å²) in [6.07, 6.45) is 1.19. The van der Waals surface area contributed by atoms with Crippen LogP contribution in [0.1, 0.15) is 0 Å². The van der Waals surface area contributed by atoms with Crippen molar-refractivity contribution in [2.24, 2.45) is 0 Å². The van der Waals surface area contributed by atoms with E-state index in [9.17, 15) is 4.79 Å². The van der Waals surface area contributed by atoms with Crippen molar-refractivity contribution in [3.05, 3.63) is 36.9 Å². The van der Waals surface area contributed by atoms with E-state index >= 15 is 0 Å². The second kappa shape index (κ2) is 4.27. The van der Waals surface area contributed by atoms with Crippen LogP contribution in [0.25, 0.3) is 0 Å². The standard InChI is InChI=1S/C9H10N2O2/c1-2-9(12)10-7-3-5-8(11-13)6-4-7/h2-6,11,13H,1H2,(H,10,12). The third-order valence-electron chi connectivity index (χ3n) is 1.47.